The smallest absolute Gasteiger partial charge is 0.327 e. The van der Waals surface area contributed by atoms with Gasteiger partial charge in [0.05, 0.1) is 19.2 Å². The topological polar surface area (TPSA) is 115 Å². The fraction of sp³-hybridized carbons (Fsp3) is 0.600. The summed E-state index contributed by atoms with van der Waals surface area (Å²) in [4.78, 5) is 21.7. The highest BCUT2D eigenvalue weighted by Gasteiger charge is 2.49. The molecule has 0 aliphatic heterocycles. The summed E-state index contributed by atoms with van der Waals surface area (Å²) in [7, 11) is 1.26. The van der Waals surface area contributed by atoms with Gasteiger partial charge in [-0.3, -0.25) is 9.59 Å². The normalized spacial score (nSPS) is 26.4. The molecule has 0 radical (unpaired) electrons. The van der Waals surface area contributed by atoms with Gasteiger partial charge in [-0.1, -0.05) is 5.21 Å². The van der Waals surface area contributed by atoms with Crippen molar-refractivity contribution >= 4 is 11.9 Å². The van der Waals surface area contributed by atoms with Gasteiger partial charge < -0.3 is 14.9 Å². The van der Waals surface area contributed by atoms with E-state index in [9.17, 15) is 14.7 Å². The molecule has 98 valence electrons. The first-order valence-corrected chi connectivity index (χ1v) is 5.37. The van der Waals surface area contributed by atoms with Crippen molar-refractivity contribution in [2.24, 2.45) is 5.92 Å². The number of aliphatic hydroxyl groups is 1. The molecule has 0 atom stereocenters. The summed E-state index contributed by atoms with van der Waals surface area (Å²) in [6.45, 7) is -0.0953. The van der Waals surface area contributed by atoms with Crippen molar-refractivity contribution in [3.05, 3.63) is 11.9 Å². The van der Waals surface area contributed by atoms with Crippen molar-refractivity contribution in [2.75, 3.05) is 7.11 Å². The summed E-state index contributed by atoms with van der Waals surface area (Å²) in [5, 5.41) is 26.3. The number of carboxylic acids is 1. The molecule has 1 saturated carbocycles. The monoisotopic (exact) mass is 255 g/mol. The number of aromatic nitrogens is 3. The quantitative estimate of drug-likeness (QED) is 0.672. The number of rotatable bonds is 4. The highest BCUT2D eigenvalue weighted by Crippen LogP contribution is 2.44. The number of hydrogen-bond acceptors (Lipinski definition) is 6. The summed E-state index contributed by atoms with van der Waals surface area (Å²) in [5.41, 5.74) is -0.971. The second kappa shape index (κ2) is 4.37. The summed E-state index contributed by atoms with van der Waals surface area (Å²) in [6, 6.07) is 0. The number of aliphatic carboxylic acids is 1. The number of esters is 1. The van der Waals surface area contributed by atoms with Gasteiger partial charge in [-0.25, -0.2) is 4.68 Å². The second-order valence-electron chi connectivity index (χ2n) is 4.35. The lowest BCUT2D eigenvalue weighted by atomic mass is 9.69. The van der Waals surface area contributed by atoms with Crippen LogP contribution in [0.1, 0.15) is 18.5 Å². The van der Waals surface area contributed by atoms with Crippen LogP contribution in [0.4, 0.5) is 0 Å². The zero-order valence-electron chi connectivity index (χ0n) is 9.74. The van der Waals surface area contributed by atoms with Crippen molar-refractivity contribution in [2.45, 2.75) is 25.0 Å². The Labute approximate surface area is 102 Å². The maximum Gasteiger partial charge on any atom is 0.327 e. The maximum atomic E-state index is 11.0. The molecule has 0 unspecified atom stereocenters. The fourth-order valence-corrected chi connectivity index (χ4v) is 1.92. The molecule has 1 aliphatic rings. The number of nitrogens with zero attached hydrogens (tertiary/aromatic N) is 3. The molecule has 8 nitrogen and oxygen atoms in total. The number of carbonyl (C=O) groups is 2. The van der Waals surface area contributed by atoms with Crippen LogP contribution in [0.5, 0.6) is 0 Å². The minimum Gasteiger partial charge on any atom is -0.481 e. The molecule has 1 aliphatic carbocycles. The van der Waals surface area contributed by atoms with Gasteiger partial charge in [-0.2, -0.15) is 0 Å². The molecule has 0 amide bonds. The lowest BCUT2D eigenvalue weighted by Gasteiger charge is -2.39. The minimum atomic E-state index is -1.25. The van der Waals surface area contributed by atoms with Crippen molar-refractivity contribution in [1.82, 2.24) is 15.0 Å². The van der Waals surface area contributed by atoms with Crippen LogP contribution in [0, 0.1) is 5.92 Å². The van der Waals surface area contributed by atoms with Crippen LogP contribution >= 0.6 is 0 Å². The van der Waals surface area contributed by atoms with Crippen LogP contribution < -0.4 is 0 Å². The maximum absolute atomic E-state index is 11.0. The molecule has 0 aromatic carbocycles. The Kier molecular flexibility index (Phi) is 3.04. The molecule has 0 bridgehead atoms. The van der Waals surface area contributed by atoms with E-state index < -0.39 is 23.5 Å². The molecule has 8 heteroatoms. The largest absolute Gasteiger partial charge is 0.481 e. The first-order chi connectivity index (χ1) is 8.44. The van der Waals surface area contributed by atoms with Crippen LogP contribution in [-0.4, -0.2) is 44.3 Å². The molecular weight excluding hydrogens is 242 g/mol. The Morgan fingerprint density at radius 2 is 2.28 bits per heavy atom. The third kappa shape index (κ3) is 2.19. The zero-order valence-corrected chi connectivity index (χ0v) is 9.74. The number of carbonyl (C=O) groups excluding carboxylic acids is 1. The average Bonchev–Trinajstić information content (AvgIpc) is 2.73. The summed E-state index contributed by atoms with van der Waals surface area (Å²) >= 11 is 0. The highest BCUT2D eigenvalue weighted by atomic mass is 16.5. The third-order valence-electron chi connectivity index (χ3n) is 3.05. The van der Waals surface area contributed by atoms with Crippen LogP contribution in [0.25, 0.3) is 0 Å². The Morgan fingerprint density at radius 3 is 2.83 bits per heavy atom. The predicted octanol–water partition coefficient (Wildman–Crippen LogP) is -0.867. The Balaban J connectivity index is 2.03. The molecule has 1 aromatic heterocycles. The van der Waals surface area contributed by atoms with Crippen molar-refractivity contribution in [3.63, 3.8) is 0 Å². The molecule has 0 spiro atoms. The Hall–Kier alpha value is -1.96. The molecule has 1 heterocycles. The lowest BCUT2D eigenvalue weighted by molar-refractivity contribution is -0.160. The second-order valence-corrected chi connectivity index (χ2v) is 4.35. The summed E-state index contributed by atoms with van der Waals surface area (Å²) in [5.74, 6) is -1.96. The number of ether oxygens (including phenoxy) is 1. The third-order valence-corrected chi connectivity index (χ3v) is 3.05. The average molecular weight is 255 g/mol. The number of carboxylic acid groups (broad SMARTS) is 1. The van der Waals surface area contributed by atoms with Gasteiger partial charge in [0, 0.05) is 0 Å². The van der Waals surface area contributed by atoms with E-state index in [1.54, 1.807) is 0 Å². The van der Waals surface area contributed by atoms with Crippen molar-refractivity contribution in [3.8, 4) is 0 Å². The molecule has 2 rings (SSSR count). The first kappa shape index (κ1) is 12.5. The van der Waals surface area contributed by atoms with E-state index in [4.69, 9.17) is 5.11 Å². The van der Waals surface area contributed by atoms with Gasteiger partial charge in [0.1, 0.15) is 17.8 Å². The van der Waals surface area contributed by atoms with E-state index in [1.165, 1.54) is 18.0 Å². The first-order valence-electron chi connectivity index (χ1n) is 5.37. The van der Waals surface area contributed by atoms with Gasteiger partial charge in [0.2, 0.25) is 0 Å². The van der Waals surface area contributed by atoms with E-state index in [0.717, 1.165) is 0 Å². The molecular formula is C10H13N3O5. The van der Waals surface area contributed by atoms with Crippen molar-refractivity contribution in [1.29, 1.82) is 0 Å². The van der Waals surface area contributed by atoms with Gasteiger partial charge in [0.25, 0.3) is 0 Å². The molecule has 1 aromatic rings. The number of hydrogen-bond donors (Lipinski definition) is 2. The standard InChI is InChI=1S/C10H13N3O5/c1-18-8(14)5-13-4-7(11-12-13)10(17)2-6(3-10)9(15)16/h4,6,17H,2-3,5H2,1H3,(H,15,16). The van der Waals surface area contributed by atoms with Crippen LogP contribution in [0.15, 0.2) is 6.20 Å². The summed E-state index contributed by atoms with van der Waals surface area (Å²) < 4.78 is 5.71. The van der Waals surface area contributed by atoms with Gasteiger partial charge in [-0.05, 0) is 12.8 Å². The Morgan fingerprint density at radius 1 is 1.61 bits per heavy atom. The molecule has 1 fully saturated rings. The molecule has 2 N–H and O–H groups in total. The SMILES string of the molecule is COC(=O)Cn1cc(C2(O)CC(C(=O)O)C2)nn1. The predicted molar refractivity (Wildman–Crippen MR) is 56.3 cm³/mol. The Bertz CT molecular complexity index is 478. The van der Waals surface area contributed by atoms with Gasteiger partial charge >= 0.3 is 11.9 Å². The highest BCUT2D eigenvalue weighted by molar-refractivity contribution is 5.71. The van der Waals surface area contributed by atoms with E-state index in [0.29, 0.717) is 0 Å². The van der Waals surface area contributed by atoms with E-state index in [1.807, 2.05) is 0 Å². The molecule has 0 saturated heterocycles. The van der Waals surface area contributed by atoms with Gasteiger partial charge in [-0.15, -0.1) is 5.10 Å². The van der Waals surface area contributed by atoms with Crippen LogP contribution in [-0.2, 0) is 26.5 Å². The number of methoxy groups -OCH3 is 1. The lowest BCUT2D eigenvalue weighted by Crippen LogP contribution is -2.44. The van der Waals surface area contributed by atoms with Gasteiger partial charge in [0.15, 0.2) is 0 Å². The summed E-state index contributed by atoms with van der Waals surface area (Å²) in [6.07, 6.45) is 1.65. The zero-order chi connectivity index (χ0) is 13.3. The minimum absolute atomic E-state index is 0.0953. The fourth-order valence-electron chi connectivity index (χ4n) is 1.92. The van der Waals surface area contributed by atoms with E-state index >= 15 is 0 Å². The van der Waals surface area contributed by atoms with E-state index in [2.05, 4.69) is 15.0 Å². The van der Waals surface area contributed by atoms with Crippen LogP contribution in [0.3, 0.4) is 0 Å². The molecule has 18 heavy (non-hydrogen) atoms. The van der Waals surface area contributed by atoms with Crippen molar-refractivity contribution < 1.29 is 24.5 Å². The van der Waals surface area contributed by atoms with Crippen LogP contribution in [0.2, 0.25) is 0 Å². The van der Waals surface area contributed by atoms with E-state index in [-0.39, 0.29) is 25.1 Å².